The molecule has 1 amide bonds. The molecule has 0 bridgehead atoms. The quantitative estimate of drug-likeness (QED) is 0.846. The molecule has 3 saturated heterocycles. The fourth-order valence-electron chi connectivity index (χ4n) is 4.77. The number of aliphatic hydroxyl groups is 1. The molecule has 1 aromatic rings. The maximum atomic E-state index is 13.4. The van der Waals surface area contributed by atoms with Crippen LogP contribution in [0.4, 0.5) is 5.69 Å². The normalized spacial score (nSPS) is 29.3. The van der Waals surface area contributed by atoms with Crippen LogP contribution < -0.4 is 10.2 Å². The van der Waals surface area contributed by atoms with Crippen molar-refractivity contribution >= 4 is 11.6 Å². The summed E-state index contributed by atoms with van der Waals surface area (Å²) in [6.07, 6.45) is 2.95. The van der Waals surface area contributed by atoms with E-state index < -0.39 is 0 Å². The Labute approximate surface area is 155 Å². The van der Waals surface area contributed by atoms with Crippen LogP contribution in [-0.2, 0) is 4.74 Å². The topological polar surface area (TPSA) is 65.0 Å². The van der Waals surface area contributed by atoms with Crippen molar-refractivity contribution in [2.45, 2.75) is 25.3 Å². The summed E-state index contributed by atoms with van der Waals surface area (Å²) in [5, 5.41) is 13.7. The molecule has 0 aromatic heterocycles. The van der Waals surface area contributed by atoms with E-state index in [2.05, 4.69) is 10.2 Å². The minimum atomic E-state index is -0.194. The van der Waals surface area contributed by atoms with Gasteiger partial charge in [0.1, 0.15) is 0 Å². The number of hydrogen-bond acceptors (Lipinski definition) is 5. The van der Waals surface area contributed by atoms with E-state index in [-0.39, 0.29) is 17.9 Å². The molecule has 142 valence electrons. The largest absolute Gasteiger partial charge is 0.396 e. The van der Waals surface area contributed by atoms with E-state index in [0.29, 0.717) is 25.8 Å². The molecule has 3 heterocycles. The Morgan fingerprint density at radius 2 is 2.08 bits per heavy atom. The van der Waals surface area contributed by atoms with Gasteiger partial charge < -0.3 is 25.0 Å². The zero-order valence-electron chi connectivity index (χ0n) is 15.3. The molecule has 0 unspecified atom stereocenters. The third-order valence-electron chi connectivity index (χ3n) is 6.26. The van der Waals surface area contributed by atoms with Crippen molar-refractivity contribution in [1.29, 1.82) is 0 Å². The fraction of sp³-hybridized carbons (Fsp3) is 0.650. The monoisotopic (exact) mass is 359 g/mol. The Balaban J connectivity index is 1.56. The van der Waals surface area contributed by atoms with E-state index in [9.17, 15) is 9.90 Å². The summed E-state index contributed by atoms with van der Waals surface area (Å²) < 4.78 is 5.45. The molecule has 3 aliphatic heterocycles. The predicted molar refractivity (Wildman–Crippen MR) is 101 cm³/mol. The fourth-order valence-corrected chi connectivity index (χ4v) is 4.77. The van der Waals surface area contributed by atoms with Crippen molar-refractivity contribution in [2.24, 2.45) is 5.41 Å². The summed E-state index contributed by atoms with van der Waals surface area (Å²) >= 11 is 0. The highest BCUT2D eigenvalue weighted by atomic mass is 16.5. The molecular weight excluding hydrogens is 330 g/mol. The summed E-state index contributed by atoms with van der Waals surface area (Å²) in [5.74, 6) is 0.0870. The van der Waals surface area contributed by atoms with E-state index in [1.807, 2.05) is 29.2 Å². The third-order valence-corrected chi connectivity index (χ3v) is 6.26. The van der Waals surface area contributed by atoms with Crippen molar-refractivity contribution in [2.75, 3.05) is 57.4 Å². The molecule has 2 atom stereocenters. The molecule has 0 aliphatic carbocycles. The van der Waals surface area contributed by atoms with E-state index >= 15 is 0 Å². The molecule has 2 N–H and O–H groups in total. The number of morpholine rings is 1. The summed E-state index contributed by atoms with van der Waals surface area (Å²) in [7, 11) is 0. The molecule has 0 spiro atoms. The van der Waals surface area contributed by atoms with Gasteiger partial charge >= 0.3 is 0 Å². The molecule has 26 heavy (non-hydrogen) atoms. The first-order valence-corrected chi connectivity index (χ1v) is 9.79. The van der Waals surface area contributed by atoms with Gasteiger partial charge in [0.25, 0.3) is 5.91 Å². The highest BCUT2D eigenvalue weighted by molar-refractivity contribution is 6.00. The number of rotatable bonds is 3. The summed E-state index contributed by atoms with van der Waals surface area (Å²) in [6.45, 7) is 5.57. The van der Waals surface area contributed by atoms with Gasteiger partial charge in [-0.2, -0.15) is 0 Å². The van der Waals surface area contributed by atoms with Crippen LogP contribution in [0, 0.1) is 5.41 Å². The number of ether oxygens (including phenoxy) is 1. The Morgan fingerprint density at radius 3 is 2.88 bits per heavy atom. The van der Waals surface area contributed by atoms with E-state index in [0.717, 1.165) is 56.7 Å². The van der Waals surface area contributed by atoms with Crippen LogP contribution in [0.3, 0.4) is 0 Å². The second-order valence-corrected chi connectivity index (χ2v) is 7.76. The first kappa shape index (κ1) is 17.8. The van der Waals surface area contributed by atoms with Crippen molar-refractivity contribution in [3.63, 3.8) is 0 Å². The molecule has 6 heteroatoms. The lowest BCUT2D eigenvalue weighted by atomic mass is 9.70. The lowest BCUT2D eigenvalue weighted by molar-refractivity contribution is -0.0137. The number of para-hydroxylation sites is 1. The third kappa shape index (κ3) is 3.21. The van der Waals surface area contributed by atoms with Gasteiger partial charge in [-0.05, 0) is 37.9 Å². The Bertz CT molecular complexity index is 647. The standard InChI is InChI=1S/C20H29N3O3/c24-15-20-7-3-8-21-18(20)6-9-23(14-20)19(25)16-4-1-2-5-17(16)22-10-12-26-13-11-22/h1-2,4-5,18,21,24H,3,6-15H2/t18-,20-/m1/s1. The Kier molecular flexibility index (Phi) is 5.16. The number of aliphatic hydroxyl groups excluding tert-OH is 1. The molecule has 3 aliphatic rings. The molecule has 6 nitrogen and oxygen atoms in total. The second kappa shape index (κ2) is 7.55. The molecule has 3 fully saturated rings. The molecule has 1 aromatic carbocycles. The van der Waals surface area contributed by atoms with Gasteiger partial charge in [0.15, 0.2) is 0 Å². The van der Waals surface area contributed by atoms with Crippen LogP contribution in [0.2, 0.25) is 0 Å². The smallest absolute Gasteiger partial charge is 0.255 e. The highest BCUT2D eigenvalue weighted by Gasteiger charge is 2.45. The number of carbonyl (C=O) groups is 1. The van der Waals surface area contributed by atoms with Crippen LogP contribution in [0.5, 0.6) is 0 Å². The van der Waals surface area contributed by atoms with Crippen molar-refractivity contribution in [1.82, 2.24) is 10.2 Å². The predicted octanol–water partition coefficient (Wildman–Crippen LogP) is 1.10. The van der Waals surface area contributed by atoms with Gasteiger partial charge in [-0.15, -0.1) is 0 Å². The first-order valence-electron chi connectivity index (χ1n) is 9.79. The first-order chi connectivity index (χ1) is 12.7. The van der Waals surface area contributed by atoms with Crippen LogP contribution in [0.25, 0.3) is 0 Å². The number of piperidine rings is 2. The maximum Gasteiger partial charge on any atom is 0.255 e. The minimum absolute atomic E-state index is 0.0870. The van der Waals surface area contributed by atoms with E-state index in [1.165, 1.54) is 0 Å². The van der Waals surface area contributed by atoms with Gasteiger partial charge in [-0.3, -0.25) is 4.79 Å². The highest BCUT2D eigenvalue weighted by Crippen LogP contribution is 2.38. The van der Waals surface area contributed by atoms with Gasteiger partial charge in [-0.1, -0.05) is 12.1 Å². The van der Waals surface area contributed by atoms with Crippen LogP contribution >= 0.6 is 0 Å². The van der Waals surface area contributed by atoms with E-state index in [1.54, 1.807) is 0 Å². The number of carbonyl (C=O) groups excluding carboxylic acids is 1. The number of amides is 1. The van der Waals surface area contributed by atoms with Crippen LogP contribution in [0.15, 0.2) is 24.3 Å². The molecule has 0 saturated carbocycles. The molecule has 0 radical (unpaired) electrons. The summed E-state index contributed by atoms with van der Waals surface area (Å²) in [5.41, 5.74) is 1.58. The average molecular weight is 359 g/mol. The molecule has 4 rings (SSSR count). The van der Waals surface area contributed by atoms with Gasteiger partial charge in [0.05, 0.1) is 25.4 Å². The van der Waals surface area contributed by atoms with Gasteiger partial charge in [-0.25, -0.2) is 0 Å². The zero-order valence-corrected chi connectivity index (χ0v) is 15.3. The van der Waals surface area contributed by atoms with Crippen LogP contribution in [-0.4, -0.2) is 74.5 Å². The SMILES string of the molecule is O=C(c1ccccc1N1CCOCC1)N1CC[C@H]2NCCC[C@]2(CO)C1. The lowest BCUT2D eigenvalue weighted by Crippen LogP contribution is -2.62. The maximum absolute atomic E-state index is 13.4. The number of hydrogen-bond donors (Lipinski definition) is 2. The van der Waals surface area contributed by atoms with Crippen molar-refractivity contribution in [3.8, 4) is 0 Å². The number of anilines is 1. The number of likely N-dealkylation sites (tertiary alicyclic amines) is 1. The zero-order chi connectivity index (χ0) is 18.0. The average Bonchev–Trinajstić information content (AvgIpc) is 2.73. The number of nitrogens with zero attached hydrogens (tertiary/aromatic N) is 2. The molecular formula is C20H29N3O3. The number of benzene rings is 1. The van der Waals surface area contributed by atoms with Crippen LogP contribution in [0.1, 0.15) is 29.6 Å². The second-order valence-electron chi connectivity index (χ2n) is 7.76. The summed E-state index contributed by atoms with van der Waals surface area (Å²) in [4.78, 5) is 17.6. The lowest BCUT2D eigenvalue weighted by Gasteiger charge is -2.50. The Hall–Kier alpha value is -1.63. The Morgan fingerprint density at radius 1 is 1.27 bits per heavy atom. The van der Waals surface area contributed by atoms with Crippen molar-refractivity contribution in [3.05, 3.63) is 29.8 Å². The minimum Gasteiger partial charge on any atom is -0.396 e. The van der Waals surface area contributed by atoms with Gasteiger partial charge in [0, 0.05) is 43.3 Å². The number of nitrogens with one attached hydrogen (secondary N) is 1. The summed E-state index contributed by atoms with van der Waals surface area (Å²) in [6, 6.07) is 8.22. The van der Waals surface area contributed by atoms with E-state index in [4.69, 9.17) is 4.74 Å². The number of fused-ring (bicyclic) bond motifs is 1. The van der Waals surface area contributed by atoms with Crippen molar-refractivity contribution < 1.29 is 14.6 Å². The van der Waals surface area contributed by atoms with Gasteiger partial charge in [0.2, 0.25) is 0 Å².